The summed E-state index contributed by atoms with van der Waals surface area (Å²) in [5, 5.41) is 4.86. The van der Waals surface area contributed by atoms with Crippen molar-refractivity contribution in [1.29, 1.82) is 0 Å². The fraction of sp³-hybridized carbons (Fsp3) is 0.667. The molecule has 1 rings (SSSR count). The molecular formula is C12H22N2O4S2. The van der Waals surface area contributed by atoms with E-state index < -0.39 is 10.0 Å². The Labute approximate surface area is 124 Å². The van der Waals surface area contributed by atoms with Crippen LogP contribution in [-0.4, -0.2) is 60.3 Å². The summed E-state index contributed by atoms with van der Waals surface area (Å²) >= 11 is 1.24. The lowest BCUT2D eigenvalue weighted by Gasteiger charge is -2.20. The monoisotopic (exact) mass is 322 g/mol. The highest BCUT2D eigenvalue weighted by molar-refractivity contribution is 7.91. The van der Waals surface area contributed by atoms with Crippen molar-refractivity contribution in [1.82, 2.24) is 9.62 Å². The molecule has 0 aliphatic heterocycles. The molecule has 1 aromatic heterocycles. The molecule has 0 unspecified atom stereocenters. The second-order valence-corrected chi connectivity index (χ2v) is 7.27. The molecule has 0 spiro atoms. The summed E-state index contributed by atoms with van der Waals surface area (Å²) in [6.45, 7) is 2.01. The standard InChI is InChI=1S/C12H22N2O4S2/c1-13-9-11-8-12(19-10-11)20(15,16)14(4-6-17-2)5-7-18-3/h8,10,13H,4-7,9H2,1-3H3. The quantitative estimate of drug-likeness (QED) is 0.688. The summed E-state index contributed by atoms with van der Waals surface area (Å²) in [5.41, 5.74) is 0.967. The fourth-order valence-electron chi connectivity index (χ4n) is 1.65. The highest BCUT2D eigenvalue weighted by atomic mass is 32.2. The van der Waals surface area contributed by atoms with Crippen molar-refractivity contribution in [2.45, 2.75) is 10.8 Å². The molecule has 0 aromatic carbocycles. The third kappa shape index (κ3) is 4.80. The Bertz CT molecular complexity index is 479. The van der Waals surface area contributed by atoms with E-state index in [1.54, 1.807) is 20.3 Å². The minimum Gasteiger partial charge on any atom is -0.383 e. The van der Waals surface area contributed by atoms with Crippen molar-refractivity contribution in [2.75, 3.05) is 47.6 Å². The lowest BCUT2D eigenvalue weighted by atomic mass is 10.3. The molecule has 6 nitrogen and oxygen atoms in total. The maximum Gasteiger partial charge on any atom is 0.252 e. The topological polar surface area (TPSA) is 67.9 Å². The van der Waals surface area contributed by atoms with E-state index >= 15 is 0 Å². The van der Waals surface area contributed by atoms with E-state index in [0.717, 1.165) is 5.56 Å². The van der Waals surface area contributed by atoms with Crippen LogP contribution in [0.2, 0.25) is 0 Å². The predicted molar refractivity (Wildman–Crippen MR) is 79.6 cm³/mol. The zero-order valence-electron chi connectivity index (χ0n) is 12.1. The zero-order valence-corrected chi connectivity index (χ0v) is 13.7. The first-order valence-electron chi connectivity index (χ1n) is 6.26. The summed E-state index contributed by atoms with van der Waals surface area (Å²) in [6.07, 6.45) is 0. The van der Waals surface area contributed by atoms with Crippen LogP contribution < -0.4 is 5.32 Å². The number of sulfonamides is 1. The molecule has 0 saturated carbocycles. The van der Waals surface area contributed by atoms with E-state index in [1.165, 1.54) is 15.6 Å². The van der Waals surface area contributed by atoms with Gasteiger partial charge in [0.15, 0.2) is 0 Å². The van der Waals surface area contributed by atoms with Crippen LogP contribution in [0.3, 0.4) is 0 Å². The van der Waals surface area contributed by atoms with Gasteiger partial charge in [-0.3, -0.25) is 0 Å². The molecule has 0 atom stereocenters. The first-order valence-corrected chi connectivity index (χ1v) is 8.58. The number of rotatable bonds is 10. The molecule has 1 heterocycles. The summed E-state index contributed by atoms with van der Waals surface area (Å²) in [7, 11) is 1.46. The zero-order chi connectivity index (χ0) is 15.0. The van der Waals surface area contributed by atoms with Gasteiger partial charge in [-0.2, -0.15) is 4.31 Å². The van der Waals surface area contributed by atoms with Crippen molar-refractivity contribution < 1.29 is 17.9 Å². The lowest BCUT2D eigenvalue weighted by Crippen LogP contribution is -2.36. The van der Waals surface area contributed by atoms with Gasteiger partial charge in [0.25, 0.3) is 10.0 Å². The molecule has 0 radical (unpaired) electrons. The van der Waals surface area contributed by atoms with Crippen LogP contribution in [0.5, 0.6) is 0 Å². The average Bonchev–Trinajstić information content (AvgIpc) is 2.88. The van der Waals surface area contributed by atoms with Crippen LogP contribution in [0.25, 0.3) is 0 Å². The Morgan fingerprint density at radius 2 is 1.85 bits per heavy atom. The van der Waals surface area contributed by atoms with Crippen LogP contribution in [0.1, 0.15) is 5.56 Å². The lowest BCUT2D eigenvalue weighted by molar-refractivity contribution is 0.150. The maximum absolute atomic E-state index is 12.6. The number of methoxy groups -OCH3 is 2. The molecule has 0 amide bonds. The van der Waals surface area contributed by atoms with E-state index in [4.69, 9.17) is 9.47 Å². The first kappa shape index (κ1) is 17.5. The third-order valence-electron chi connectivity index (χ3n) is 2.69. The third-order valence-corrected chi connectivity index (χ3v) is 6.06. The molecule has 0 aliphatic carbocycles. The number of thiophene rings is 1. The van der Waals surface area contributed by atoms with Gasteiger partial charge < -0.3 is 14.8 Å². The van der Waals surface area contributed by atoms with Crippen LogP contribution in [0.4, 0.5) is 0 Å². The number of ether oxygens (including phenoxy) is 2. The maximum atomic E-state index is 12.6. The molecule has 116 valence electrons. The minimum atomic E-state index is -3.48. The van der Waals surface area contributed by atoms with Crippen LogP contribution >= 0.6 is 11.3 Å². The van der Waals surface area contributed by atoms with Gasteiger partial charge >= 0.3 is 0 Å². The normalized spacial score (nSPS) is 12.2. The second kappa shape index (κ2) is 8.71. The predicted octanol–water partition coefficient (Wildman–Crippen LogP) is 0.751. The fourth-order valence-corrected chi connectivity index (χ4v) is 4.42. The van der Waals surface area contributed by atoms with E-state index in [2.05, 4.69) is 5.32 Å². The Kier molecular flexibility index (Phi) is 7.63. The minimum absolute atomic E-state index is 0.321. The molecule has 1 aromatic rings. The molecule has 8 heteroatoms. The summed E-state index contributed by atoms with van der Waals surface area (Å²) in [5.74, 6) is 0. The highest BCUT2D eigenvalue weighted by Crippen LogP contribution is 2.23. The van der Waals surface area contributed by atoms with Gasteiger partial charge in [0.2, 0.25) is 0 Å². The molecule has 20 heavy (non-hydrogen) atoms. The van der Waals surface area contributed by atoms with E-state index in [9.17, 15) is 8.42 Å². The van der Waals surface area contributed by atoms with Gasteiger partial charge in [-0.25, -0.2) is 8.42 Å². The average molecular weight is 322 g/mol. The molecular weight excluding hydrogens is 300 g/mol. The van der Waals surface area contributed by atoms with Crippen molar-refractivity contribution in [2.24, 2.45) is 0 Å². The number of nitrogens with zero attached hydrogens (tertiary/aromatic N) is 1. The smallest absolute Gasteiger partial charge is 0.252 e. The molecule has 0 fully saturated rings. The van der Waals surface area contributed by atoms with Crippen molar-refractivity contribution in [3.8, 4) is 0 Å². The SMILES string of the molecule is CNCc1csc(S(=O)(=O)N(CCOC)CCOC)c1. The molecule has 1 N–H and O–H groups in total. The van der Waals surface area contributed by atoms with Crippen molar-refractivity contribution >= 4 is 21.4 Å². The van der Waals surface area contributed by atoms with Crippen molar-refractivity contribution in [3.05, 3.63) is 17.0 Å². The molecule has 0 saturated heterocycles. The van der Waals surface area contributed by atoms with Crippen LogP contribution in [0.15, 0.2) is 15.7 Å². The Hall–Kier alpha value is -0.510. The Balaban J connectivity index is 2.88. The summed E-state index contributed by atoms with van der Waals surface area (Å²) in [6, 6.07) is 1.71. The van der Waals surface area contributed by atoms with Gasteiger partial charge in [-0.15, -0.1) is 11.3 Å². The largest absolute Gasteiger partial charge is 0.383 e. The van der Waals surface area contributed by atoms with E-state index in [1.807, 2.05) is 12.4 Å². The van der Waals surface area contributed by atoms with Gasteiger partial charge in [0.1, 0.15) is 4.21 Å². The van der Waals surface area contributed by atoms with Gasteiger partial charge in [0.05, 0.1) is 13.2 Å². The Morgan fingerprint density at radius 1 is 1.25 bits per heavy atom. The van der Waals surface area contributed by atoms with E-state index in [-0.39, 0.29) is 0 Å². The van der Waals surface area contributed by atoms with Gasteiger partial charge in [-0.1, -0.05) is 0 Å². The number of nitrogens with one attached hydrogen (secondary N) is 1. The van der Waals surface area contributed by atoms with Crippen LogP contribution in [-0.2, 0) is 26.0 Å². The van der Waals surface area contributed by atoms with Crippen molar-refractivity contribution in [3.63, 3.8) is 0 Å². The second-order valence-electron chi connectivity index (χ2n) is 4.19. The number of hydrogen-bond acceptors (Lipinski definition) is 6. The molecule has 0 bridgehead atoms. The summed E-state index contributed by atoms with van der Waals surface area (Å²) in [4.78, 5) is 0. The van der Waals surface area contributed by atoms with Gasteiger partial charge in [-0.05, 0) is 24.1 Å². The summed E-state index contributed by atoms with van der Waals surface area (Å²) < 4.78 is 36.8. The number of hydrogen-bond donors (Lipinski definition) is 1. The van der Waals surface area contributed by atoms with Crippen LogP contribution in [0, 0.1) is 0 Å². The molecule has 0 aliphatic rings. The Morgan fingerprint density at radius 3 is 2.35 bits per heavy atom. The highest BCUT2D eigenvalue weighted by Gasteiger charge is 2.25. The van der Waals surface area contributed by atoms with Gasteiger partial charge in [0, 0.05) is 33.9 Å². The first-order chi connectivity index (χ1) is 9.56. The van der Waals surface area contributed by atoms with E-state index in [0.29, 0.717) is 37.1 Å².